The maximum atomic E-state index is 13.1. The van der Waals surface area contributed by atoms with E-state index in [2.05, 4.69) is 20.8 Å². The van der Waals surface area contributed by atoms with E-state index in [1.807, 2.05) is 0 Å². The standard InChI is InChI=1S/C17H25ClFNO/c1-17(2,3)13(8-9-20)5-6-14(21)10-12-4-7-16(19)15(18)11-12/h4,7,11,13H,5-6,8-10,20H2,1-3H3. The van der Waals surface area contributed by atoms with Gasteiger partial charge in [0.2, 0.25) is 0 Å². The highest BCUT2D eigenvalue weighted by Crippen LogP contribution is 2.32. The van der Waals surface area contributed by atoms with Gasteiger partial charge in [-0.3, -0.25) is 4.79 Å². The van der Waals surface area contributed by atoms with Crippen LogP contribution in [-0.4, -0.2) is 12.3 Å². The molecule has 0 saturated carbocycles. The third-order valence-corrected chi connectivity index (χ3v) is 4.19. The summed E-state index contributed by atoms with van der Waals surface area (Å²) in [4.78, 5) is 12.1. The largest absolute Gasteiger partial charge is 0.330 e. The first-order valence-corrected chi connectivity index (χ1v) is 7.77. The molecule has 0 spiro atoms. The number of hydrogen-bond acceptors (Lipinski definition) is 2. The molecule has 1 rings (SSSR count). The van der Waals surface area contributed by atoms with Crippen LogP contribution in [0, 0.1) is 17.2 Å². The quantitative estimate of drug-likeness (QED) is 0.811. The van der Waals surface area contributed by atoms with Crippen molar-refractivity contribution in [1.29, 1.82) is 0 Å². The van der Waals surface area contributed by atoms with Crippen molar-refractivity contribution in [2.45, 2.75) is 46.5 Å². The van der Waals surface area contributed by atoms with Crippen molar-refractivity contribution in [3.63, 3.8) is 0 Å². The maximum absolute atomic E-state index is 13.1. The summed E-state index contributed by atoms with van der Waals surface area (Å²) in [6.07, 6.45) is 2.60. The highest BCUT2D eigenvalue weighted by Gasteiger charge is 2.24. The number of rotatable bonds is 7. The number of Topliss-reactive ketones (excluding diaryl/α,β-unsaturated/α-hetero) is 1. The molecule has 0 aliphatic rings. The highest BCUT2D eigenvalue weighted by molar-refractivity contribution is 6.30. The van der Waals surface area contributed by atoms with E-state index in [4.69, 9.17) is 17.3 Å². The third kappa shape index (κ3) is 6.15. The van der Waals surface area contributed by atoms with Gasteiger partial charge in [-0.1, -0.05) is 38.4 Å². The summed E-state index contributed by atoms with van der Waals surface area (Å²) < 4.78 is 13.1. The van der Waals surface area contributed by atoms with E-state index in [-0.39, 0.29) is 16.2 Å². The maximum Gasteiger partial charge on any atom is 0.141 e. The van der Waals surface area contributed by atoms with Crippen molar-refractivity contribution in [2.75, 3.05) is 6.54 Å². The van der Waals surface area contributed by atoms with Gasteiger partial charge in [0.15, 0.2) is 0 Å². The number of carbonyl (C=O) groups excluding carboxylic acids is 1. The zero-order valence-corrected chi connectivity index (χ0v) is 13.8. The lowest BCUT2D eigenvalue weighted by atomic mass is 9.76. The molecule has 4 heteroatoms. The summed E-state index contributed by atoms with van der Waals surface area (Å²) in [6, 6.07) is 4.44. The lowest BCUT2D eigenvalue weighted by Crippen LogP contribution is -2.24. The van der Waals surface area contributed by atoms with Gasteiger partial charge in [0.05, 0.1) is 5.02 Å². The Labute approximate surface area is 131 Å². The Morgan fingerprint density at radius 2 is 2.00 bits per heavy atom. The summed E-state index contributed by atoms with van der Waals surface area (Å²) in [7, 11) is 0. The van der Waals surface area contributed by atoms with Gasteiger partial charge in [-0.2, -0.15) is 0 Å². The molecule has 1 aromatic rings. The third-order valence-electron chi connectivity index (χ3n) is 3.90. The van der Waals surface area contributed by atoms with Crippen LogP contribution in [0.2, 0.25) is 5.02 Å². The molecule has 0 bridgehead atoms. The molecule has 0 heterocycles. The summed E-state index contributed by atoms with van der Waals surface area (Å²) in [5.74, 6) is 0.135. The average molecular weight is 314 g/mol. The second-order valence-electron chi connectivity index (χ2n) is 6.64. The number of ketones is 1. The molecule has 0 amide bonds. The van der Waals surface area contributed by atoms with Crippen LogP contribution >= 0.6 is 11.6 Å². The molecule has 1 atom stereocenters. The van der Waals surface area contributed by atoms with Gasteiger partial charge in [0, 0.05) is 12.8 Å². The highest BCUT2D eigenvalue weighted by atomic mass is 35.5. The van der Waals surface area contributed by atoms with Crippen LogP contribution in [0.4, 0.5) is 4.39 Å². The van der Waals surface area contributed by atoms with E-state index in [1.165, 1.54) is 12.1 Å². The molecule has 0 saturated heterocycles. The van der Waals surface area contributed by atoms with E-state index in [9.17, 15) is 9.18 Å². The Bertz CT molecular complexity index is 482. The Kier molecular flexibility index (Phi) is 6.82. The van der Waals surface area contributed by atoms with Gasteiger partial charge < -0.3 is 5.73 Å². The molecule has 118 valence electrons. The minimum absolute atomic E-state index is 0.0657. The van der Waals surface area contributed by atoms with Crippen LogP contribution in [0.1, 0.15) is 45.6 Å². The zero-order valence-electron chi connectivity index (χ0n) is 13.1. The first kappa shape index (κ1) is 18.1. The topological polar surface area (TPSA) is 43.1 Å². The Morgan fingerprint density at radius 1 is 1.33 bits per heavy atom. The Morgan fingerprint density at radius 3 is 2.52 bits per heavy atom. The smallest absolute Gasteiger partial charge is 0.141 e. The van der Waals surface area contributed by atoms with E-state index in [1.54, 1.807) is 6.07 Å². The molecule has 1 aromatic carbocycles. The van der Waals surface area contributed by atoms with Crippen molar-refractivity contribution in [1.82, 2.24) is 0 Å². The predicted molar refractivity (Wildman–Crippen MR) is 86.0 cm³/mol. The van der Waals surface area contributed by atoms with Crippen LogP contribution in [0.3, 0.4) is 0 Å². The molecule has 21 heavy (non-hydrogen) atoms. The molecule has 0 radical (unpaired) electrons. The fourth-order valence-electron chi connectivity index (χ4n) is 2.51. The lowest BCUT2D eigenvalue weighted by molar-refractivity contribution is -0.118. The van der Waals surface area contributed by atoms with Gasteiger partial charge in [-0.25, -0.2) is 4.39 Å². The van der Waals surface area contributed by atoms with Crippen molar-refractivity contribution < 1.29 is 9.18 Å². The van der Waals surface area contributed by atoms with Crippen molar-refractivity contribution in [2.24, 2.45) is 17.1 Å². The second kappa shape index (κ2) is 7.90. The van der Waals surface area contributed by atoms with Crippen molar-refractivity contribution in [3.05, 3.63) is 34.6 Å². The van der Waals surface area contributed by atoms with Crippen molar-refractivity contribution >= 4 is 17.4 Å². The molecular weight excluding hydrogens is 289 g/mol. The molecular formula is C17H25ClFNO. The molecule has 1 unspecified atom stereocenters. The van der Waals surface area contributed by atoms with Crippen LogP contribution in [0.5, 0.6) is 0 Å². The van der Waals surface area contributed by atoms with E-state index >= 15 is 0 Å². The Hall–Kier alpha value is -0.930. The van der Waals surface area contributed by atoms with Gasteiger partial charge in [-0.15, -0.1) is 0 Å². The molecule has 2 nitrogen and oxygen atoms in total. The number of hydrogen-bond donors (Lipinski definition) is 1. The lowest BCUT2D eigenvalue weighted by Gasteiger charge is -2.30. The minimum atomic E-state index is -0.455. The van der Waals surface area contributed by atoms with Crippen LogP contribution < -0.4 is 5.73 Å². The van der Waals surface area contributed by atoms with Gasteiger partial charge in [0.1, 0.15) is 11.6 Å². The van der Waals surface area contributed by atoms with E-state index < -0.39 is 5.82 Å². The normalized spacial score (nSPS) is 13.2. The fraction of sp³-hybridized carbons (Fsp3) is 0.588. The van der Waals surface area contributed by atoms with Gasteiger partial charge in [0.25, 0.3) is 0 Å². The van der Waals surface area contributed by atoms with Crippen LogP contribution in [0.15, 0.2) is 18.2 Å². The SMILES string of the molecule is CC(C)(C)C(CCN)CCC(=O)Cc1ccc(F)c(Cl)c1. The van der Waals surface area contributed by atoms with E-state index in [0.717, 1.165) is 18.4 Å². The molecule has 2 N–H and O–H groups in total. The number of nitrogens with two attached hydrogens (primary N) is 1. The summed E-state index contributed by atoms with van der Waals surface area (Å²) in [5.41, 5.74) is 6.56. The molecule has 0 aromatic heterocycles. The fourth-order valence-corrected chi connectivity index (χ4v) is 2.72. The molecule has 0 aliphatic heterocycles. The van der Waals surface area contributed by atoms with Gasteiger partial charge >= 0.3 is 0 Å². The monoisotopic (exact) mass is 313 g/mol. The summed E-state index contributed by atoms with van der Waals surface area (Å²) >= 11 is 5.73. The predicted octanol–water partition coefficient (Wildman–Crippen LogP) is 4.38. The number of halogens is 2. The van der Waals surface area contributed by atoms with E-state index in [0.29, 0.717) is 25.3 Å². The first-order chi connectivity index (χ1) is 9.74. The number of carbonyl (C=O) groups is 1. The minimum Gasteiger partial charge on any atom is -0.330 e. The first-order valence-electron chi connectivity index (χ1n) is 7.39. The number of benzene rings is 1. The van der Waals surface area contributed by atoms with Crippen LogP contribution in [-0.2, 0) is 11.2 Å². The Balaban J connectivity index is 2.54. The summed E-state index contributed by atoms with van der Waals surface area (Å²) in [6.45, 7) is 7.18. The average Bonchev–Trinajstić information content (AvgIpc) is 2.37. The second-order valence-corrected chi connectivity index (χ2v) is 7.05. The molecule has 0 fully saturated rings. The summed E-state index contributed by atoms with van der Waals surface area (Å²) in [5, 5.41) is 0.0657. The molecule has 0 aliphatic carbocycles. The van der Waals surface area contributed by atoms with Crippen molar-refractivity contribution in [3.8, 4) is 0 Å². The zero-order chi connectivity index (χ0) is 16.0. The van der Waals surface area contributed by atoms with Gasteiger partial charge in [-0.05, 0) is 48.4 Å². The van der Waals surface area contributed by atoms with Crippen LogP contribution in [0.25, 0.3) is 0 Å².